The van der Waals surface area contributed by atoms with Crippen LogP contribution in [0.1, 0.15) is 23.1 Å². The van der Waals surface area contributed by atoms with E-state index in [1.165, 1.54) is 27.8 Å². The number of aryl methyl sites for hydroxylation is 1. The Labute approximate surface area is 102 Å². The molecule has 0 fully saturated rings. The molecule has 0 heterocycles. The topological polar surface area (TPSA) is 20.2 Å². The number of hydrogen-bond donors (Lipinski definition) is 1. The van der Waals surface area contributed by atoms with Gasteiger partial charge in [0, 0.05) is 6.61 Å². The largest absolute Gasteiger partial charge is 0.396 e. The quantitative estimate of drug-likeness (QED) is 0.724. The van der Waals surface area contributed by atoms with Crippen molar-refractivity contribution in [3.8, 4) is 11.1 Å². The molecule has 1 N–H and O–H groups in total. The third-order valence-electron chi connectivity index (χ3n) is 3.48. The Bertz CT molecular complexity index is 543. The van der Waals surface area contributed by atoms with E-state index in [0.29, 0.717) is 0 Å². The Morgan fingerprint density at radius 3 is 2.65 bits per heavy atom. The van der Waals surface area contributed by atoms with Crippen LogP contribution in [0.15, 0.2) is 42.5 Å². The van der Waals surface area contributed by atoms with Crippen molar-refractivity contribution >= 4 is 0 Å². The summed E-state index contributed by atoms with van der Waals surface area (Å²) < 4.78 is 0. The number of aliphatic hydroxyl groups excluding tert-OH is 1. The van der Waals surface area contributed by atoms with Gasteiger partial charge in [-0.25, -0.2) is 0 Å². The Kier molecular flexibility index (Phi) is 2.69. The number of rotatable bonds is 3. The predicted octanol–water partition coefficient (Wildman–Crippen LogP) is 3.18. The summed E-state index contributed by atoms with van der Waals surface area (Å²) in [4.78, 5) is 0. The maximum absolute atomic E-state index is 8.86. The van der Waals surface area contributed by atoms with Crippen molar-refractivity contribution in [2.45, 2.75) is 19.3 Å². The van der Waals surface area contributed by atoms with Crippen molar-refractivity contribution in [1.29, 1.82) is 0 Å². The molecule has 0 aliphatic heterocycles. The molecule has 2 aromatic carbocycles. The second kappa shape index (κ2) is 4.34. The van der Waals surface area contributed by atoms with Gasteiger partial charge in [0.15, 0.2) is 0 Å². The summed E-state index contributed by atoms with van der Waals surface area (Å²) in [6.07, 6.45) is 2.88. The second-order valence-corrected chi connectivity index (χ2v) is 4.65. The fourth-order valence-electron chi connectivity index (χ4n) is 2.64. The lowest BCUT2D eigenvalue weighted by Gasteiger charge is -2.04. The third-order valence-corrected chi connectivity index (χ3v) is 3.48. The summed E-state index contributed by atoms with van der Waals surface area (Å²) >= 11 is 0. The molecule has 3 rings (SSSR count). The summed E-state index contributed by atoms with van der Waals surface area (Å²) in [5.41, 5.74) is 6.97. The molecule has 0 aromatic heterocycles. The minimum Gasteiger partial charge on any atom is -0.396 e. The highest BCUT2D eigenvalue weighted by molar-refractivity contribution is 5.76. The monoisotopic (exact) mass is 224 g/mol. The molecule has 1 aliphatic rings. The lowest BCUT2D eigenvalue weighted by molar-refractivity contribution is 0.288. The number of benzene rings is 2. The number of fused-ring (bicyclic) bond motifs is 3. The van der Waals surface area contributed by atoms with Crippen LogP contribution >= 0.6 is 0 Å². The first-order valence-corrected chi connectivity index (χ1v) is 6.19. The van der Waals surface area contributed by atoms with Crippen LogP contribution in [0.3, 0.4) is 0 Å². The Morgan fingerprint density at radius 1 is 0.941 bits per heavy atom. The van der Waals surface area contributed by atoms with Gasteiger partial charge in [0.2, 0.25) is 0 Å². The van der Waals surface area contributed by atoms with E-state index in [2.05, 4.69) is 42.5 Å². The fourth-order valence-corrected chi connectivity index (χ4v) is 2.64. The number of hydrogen-bond acceptors (Lipinski definition) is 1. The second-order valence-electron chi connectivity index (χ2n) is 4.65. The van der Waals surface area contributed by atoms with Crippen molar-refractivity contribution in [3.05, 3.63) is 59.2 Å². The summed E-state index contributed by atoms with van der Waals surface area (Å²) in [7, 11) is 0. The fraction of sp³-hybridized carbons (Fsp3) is 0.250. The minimum atomic E-state index is 0.275. The molecule has 1 heteroatoms. The molecule has 0 radical (unpaired) electrons. The van der Waals surface area contributed by atoms with E-state index >= 15 is 0 Å². The molecule has 0 unspecified atom stereocenters. The van der Waals surface area contributed by atoms with Crippen molar-refractivity contribution in [3.63, 3.8) is 0 Å². The molecule has 86 valence electrons. The van der Waals surface area contributed by atoms with Crippen LogP contribution in [0.25, 0.3) is 11.1 Å². The van der Waals surface area contributed by atoms with Gasteiger partial charge in [-0.3, -0.25) is 0 Å². The first-order chi connectivity index (χ1) is 8.38. The highest BCUT2D eigenvalue weighted by atomic mass is 16.2. The van der Waals surface area contributed by atoms with Crippen LogP contribution in [0.4, 0.5) is 0 Å². The van der Waals surface area contributed by atoms with Gasteiger partial charge in [-0.15, -0.1) is 0 Å². The SMILES string of the molecule is OCCCc1ccc2c(c1)Cc1ccccc1-2. The van der Waals surface area contributed by atoms with Gasteiger partial charge >= 0.3 is 0 Å². The summed E-state index contributed by atoms with van der Waals surface area (Å²) in [6.45, 7) is 0.275. The predicted molar refractivity (Wildman–Crippen MR) is 70.1 cm³/mol. The van der Waals surface area contributed by atoms with E-state index < -0.39 is 0 Å². The minimum absolute atomic E-state index is 0.275. The molecule has 1 aliphatic carbocycles. The van der Waals surface area contributed by atoms with Crippen LogP contribution < -0.4 is 0 Å². The maximum Gasteiger partial charge on any atom is 0.0434 e. The van der Waals surface area contributed by atoms with Crippen molar-refractivity contribution in [1.82, 2.24) is 0 Å². The lowest BCUT2D eigenvalue weighted by Crippen LogP contribution is -1.91. The first-order valence-electron chi connectivity index (χ1n) is 6.19. The van der Waals surface area contributed by atoms with Crippen molar-refractivity contribution < 1.29 is 5.11 Å². The lowest BCUT2D eigenvalue weighted by atomic mass is 10.0. The average molecular weight is 224 g/mol. The average Bonchev–Trinajstić information content (AvgIpc) is 2.74. The van der Waals surface area contributed by atoms with E-state index in [4.69, 9.17) is 5.11 Å². The Morgan fingerprint density at radius 2 is 1.76 bits per heavy atom. The van der Waals surface area contributed by atoms with Gasteiger partial charge in [0.25, 0.3) is 0 Å². The molecule has 0 spiro atoms. The Balaban J connectivity index is 1.95. The van der Waals surface area contributed by atoms with Gasteiger partial charge in [-0.2, -0.15) is 0 Å². The van der Waals surface area contributed by atoms with Gasteiger partial charge in [-0.1, -0.05) is 42.5 Å². The molecule has 0 saturated heterocycles. The van der Waals surface area contributed by atoms with Gasteiger partial charge in [0.1, 0.15) is 0 Å². The molecule has 1 nitrogen and oxygen atoms in total. The maximum atomic E-state index is 8.86. The zero-order valence-corrected chi connectivity index (χ0v) is 9.82. The molecular weight excluding hydrogens is 208 g/mol. The molecule has 0 amide bonds. The third kappa shape index (κ3) is 1.87. The highest BCUT2D eigenvalue weighted by Crippen LogP contribution is 2.36. The van der Waals surface area contributed by atoms with E-state index in [0.717, 1.165) is 19.3 Å². The smallest absolute Gasteiger partial charge is 0.0434 e. The van der Waals surface area contributed by atoms with Crippen molar-refractivity contribution in [2.75, 3.05) is 6.61 Å². The van der Waals surface area contributed by atoms with E-state index in [9.17, 15) is 0 Å². The number of aliphatic hydroxyl groups is 1. The molecule has 0 atom stereocenters. The zero-order chi connectivity index (χ0) is 11.7. The van der Waals surface area contributed by atoms with E-state index in [1.807, 2.05) is 0 Å². The normalized spacial score (nSPS) is 12.3. The van der Waals surface area contributed by atoms with Crippen LogP contribution in [-0.4, -0.2) is 11.7 Å². The Hall–Kier alpha value is -1.60. The molecule has 17 heavy (non-hydrogen) atoms. The summed E-state index contributed by atoms with van der Waals surface area (Å²) in [5.74, 6) is 0. The van der Waals surface area contributed by atoms with Gasteiger partial charge in [-0.05, 0) is 47.1 Å². The summed E-state index contributed by atoms with van der Waals surface area (Å²) in [5, 5.41) is 8.86. The highest BCUT2D eigenvalue weighted by Gasteiger charge is 2.17. The molecule has 2 aromatic rings. The standard InChI is InChI=1S/C16H16O/c17-9-3-4-12-7-8-16-14(10-12)11-13-5-1-2-6-15(13)16/h1-2,5-8,10,17H,3-4,9,11H2. The summed E-state index contributed by atoms with van der Waals surface area (Å²) in [6, 6.07) is 15.3. The van der Waals surface area contributed by atoms with Gasteiger partial charge in [0.05, 0.1) is 0 Å². The zero-order valence-electron chi connectivity index (χ0n) is 9.82. The van der Waals surface area contributed by atoms with Crippen LogP contribution in [0.5, 0.6) is 0 Å². The first kappa shape index (κ1) is 10.5. The van der Waals surface area contributed by atoms with E-state index in [-0.39, 0.29) is 6.61 Å². The molecule has 0 saturated carbocycles. The van der Waals surface area contributed by atoms with Crippen LogP contribution in [-0.2, 0) is 12.8 Å². The molecular formula is C16H16O. The van der Waals surface area contributed by atoms with Gasteiger partial charge < -0.3 is 5.11 Å². The van der Waals surface area contributed by atoms with Crippen molar-refractivity contribution in [2.24, 2.45) is 0 Å². The van der Waals surface area contributed by atoms with Crippen LogP contribution in [0, 0.1) is 0 Å². The molecule has 0 bridgehead atoms. The van der Waals surface area contributed by atoms with Crippen LogP contribution in [0.2, 0.25) is 0 Å². The van der Waals surface area contributed by atoms with E-state index in [1.54, 1.807) is 0 Å².